The smallest absolute Gasteiger partial charge is 0.127 e. The lowest BCUT2D eigenvalue weighted by Crippen LogP contribution is -2.47. The van der Waals surface area contributed by atoms with Crippen LogP contribution in [0.3, 0.4) is 0 Å². The SMILES string of the molecule is CCCN1C[C@H](C)C=C2c3cc(O)ccc3OC[C@H]21.Cl. The molecule has 0 fully saturated rings. The Morgan fingerprint density at radius 2 is 2.20 bits per heavy atom. The number of benzene rings is 1. The van der Waals surface area contributed by atoms with Crippen molar-refractivity contribution in [2.45, 2.75) is 26.3 Å². The van der Waals surface area contributed by atoms with Gasteiger partial charge in [-0.2, -0.15) is 0 Å². The first kappa shape index (κ1) is 15.2. The van der Waals surface area contributed by atoms with Crippen LogP contribution >= 0.6 is 12.4 Å². The molecule has 0 spiro atoms. The molecule has 0 saturated heterocycles. The number of phenolic OH excluding ortho intramolecular Hbond substituents is 1. The summed E-state index contributed by atoms with van der Waals surface area (Å²) in [5.41, 5.74) is 2.38. The minimum Gasteiger partial charge on any atom is -0.508 e. The van der Waals surface area contributed by atoms with Gasteiger partial charge >= 0.3 is 0 Å². The molecule has 0 amide bonds. The second-order valence-electron chi connectivity index (χ2n) is 5.60. The molecule has 0 aliphatic carbocycles. The van der Waals surface area contributed by atoms with E-state index in [9.17, 15) is 5.11 Å². The third-order valence-corrected chi connectivity index (χ3v) is 3.97. The van der Waals surface area contributed by atoms with Crippen LogP contribution in [0.4, 0.5) is 0 Å². The standard InChI is InChI=1S/C16H21NO2.ClH/c1-3-6-17-9-11(2)7-13-14-8-12(18)4-5-16(14)19-10-15(13)17;/h4-5,7-8,11,15,18H,3,6,9-10H2,1-2H3;1H/t11-,15-;/m1./s1. The van der Waals surface area contributed by atoms with Crippen LogP contribution in [-0.4, -0.2) is 35.7 Å². The van der Waals surface area contributed by atoms with Crippen LogP contribution in [0.2, 0.25) is 0 Å². The van der Waals surface area contributed by atoms with Gasteiger partial charge in [-0.3, -0.25) is 4.90 Å². The second kappa shape index (κ2) is 6.06. The summed E-state index contributed by atoms with van der Waals surface area (Å²) in [7, 11) is 0. The van der Waals surface area contributed by atoms with Gasteiger partial charge in [0, 0.05) is 12.1 Å². The van der Waals surface area contributed by atoms with Crippen molar-refractivity contribution in [3.8, 4) is 11.5 Å². The highest BCUT2D eigenvalue weighted by atomic mass is 35.5. The zero-order valence-corrected chi connectivity index (χ0v) is 12.8. The average molecular weight is 296 g/mol. The Morgan fingerprint density at radius 1 is 1.40 bits per heavy atom. The van der Waals surface area contributed by atoms with Crippen LogP contribution in [0.5, 0.6) is 11.5 Å². The van der Waals surface area contributed by atoms with Crippen molar-refractivity contribution in [3.63, 3.8) is 0 Å². The van der Waals surface area contributed by atoms with Crippen molar-refractivity contribution in [3.05, 3.63) is 29.8 Å². The molecular formula is C16H22ClNO2. The fraction of sp³-hybridized carbons (Fsp3) is 0.500. The fourth-order valence-electron chi connectivity index (χ4n) is 3.20. The molecule has 3 rings (SSSR count). The molecule has 0 radical (unpaired) electrons. The largest absolute Gasteiger partial charge is 0.508 e. The van der Waals surface area contributed by atoms with Crippen molar-refractivity contribution in [2.75, 3.05) is 19.7 Å². The van der Waals surface area contributed by atoms with Gasteiger partial charge in [0.2, 0.25) is 0 Å². The number of hydrogen-bond acceptors (Lipinski definition) is 3. The summed E-state index contributed by atoms with van der Waals surface area (Å²) < 4.78 is 5.87. The summed E-state index contributed by atoms with van der Waals surface area (Å²) in [6, 6.07) is 5.72. The van der Waals surface area contributed by atoms with Crippen molar-refractivity contribution in [2.24, 2.45) is 5.92 Å². The van der Waals surface area contributed by atoms with E-state index in [-0.39, 0.29) is 12.4 Å². The number of fused-ring (bicyclic) bond motifs is 3. The topological polar surface area (TPSA) is 32.7 Å². The van der Waals surface area contributed by atoms with Crippen LogP contribution in [0.15, 0.2) is 24.3 Å². The molecule has 3 nitrogen and oxygen atoms in total. The molecule has 2 aliphatic heterocycles. The zero-order valence-electron chi connectivity index (χ0n) is 12.0. The van der Waals surface area contributed by atoms with E-state index in [0.717, 1.165) is 37.4 Å². The van der Waals surface area contributed by atoms with Crippen molar-refractivity contribution in [1.82, 2.24) is 4.90 Å². The van der Waals surface area contributed by atoms with Crippen LogP contribution < -0.4 is 4.74 Å². The van der Waals surface area contributed by atoms with Crippen molar-refractivity contribution >= 4 is 18.0 Å². The van der Waals surface area contributed by atoms with Gasteiger partial charge < -0.3 is 9.84 Å². The number of hydrogen-bond donors (Lipinski definition) is 1. The van der Waals surface area contributed by atoms with Gasteiger partial charge in [-0.05, 0) is 42.7 Å². The van der Waals surface area contributed by atoms with E-state index in [2.05, 4.69) is 24.8 Å². The van der Waals surface area contributed by atoms with E-state index in [4.69, 9.17) is 4.74 Å². The number of aromatic hydroxyl groups is 1. The highest BCUT2D eigenvalue weighted by Crippen LogP contribution is 2.40. The second-order valence-corrected chi connectivity index (χ2v) is 5.60. The summed E-state index contributed by atoms with van der Waals surface area (Å²) in [6.07, 6.45) is 3.50. The summed E-state index contributed by atoms with van der Waals surface area (Å²) in [6.45, 7) is 7.38. The molecule has 4 heteroatoms. The molecule has 0 saturated carbocycles. The van der Waals surface area contributed by atoms with Crippen molar-refractivity contribution in [1.29, 1.82) is 0 Å². The van der Waals surface area contributed by atoms with Crippen LogP contribution in [-0.2, 0) is 0 Å². The molecule has 2 atom stereocenters. The molecule has 110 valence electrons. The first-order chi connectivity index (χ1) is 9.19. The van der Waals surface area contributed by atoms with E-state index < -0.39 is 0 Å². The minimum absolute atomic E-state index is 0. The fourth-order valence-corrected chi connectivity index (χ4v) is 3.20. The summed E-state index contributed by atoms with van der Waals surface area (Å²) in [4.78, 5) is 2.51. The number of rotatable bonds is 2. The Kier molecular flexibility index (Phi) is 4.61. The van der Waals surface area contributed by atoms with Gasteiger partial charge in [-0.15, -0.1) is 12.4 Å². The normalized spacial score (nSPS) is 24.8. The number of nitrogens with zero attached hydrogens (tertiary/aromatic N) is 1. The molecule has 1 aromatic rings. The average Bonchev–Trinajstić information content (AvgIpc) is 2.39. The lowest BCUT2D eigenvalue weighted by atomic mass is 9.87. The number of phenols is 1. The molecule has 0 bridgehead atoms. The van der Waals surface area contributed by atoms with E-state index in [1.165, 1.54) is 5.57 Å². The molecule has 1 aromatic carbocycles. The minimum atomic E-state index is 0. The quantitative estimate of drug-likeness (QED) is 0.908. The van der Waals surface area contributed by atoms with Gasteiger partial charge in [0.15, 0.2) is 0 Å². The number of ether oxygens (including phenoxy) is 1. The van der Waals surface area contributed by atoms with Gasteiger partial charge in [0.05, 0.1) is 6.04 Å². The van der Waals surface area contributed by atoms with Gasteiger partial charge in [0.1, 0.15) is 18.1 Å². The molecule has 0 aromatic heterocycles. The first-order valence-corrected chi connectivity index (χ1v) is 7.11. The van der Waals surface area contributed by atoms with E-state index in [1.807, 2.05) is 12.1 Å². The first-order valence-electron chi connectivity index (χ1n) is 7.11. The third-order valence-electron chi connectivity index (χ3n) is 3.97. The Bertz CT molecular complexity index is 515. The third kappa shape index (κ3) is 2.65. The Balaban J connectivity index is 0.00000147. The molecular weight excluding hydrogens is 274 g/mol. The Morgan fingerprint density at radius 3 is 2.95 bits per heavy atom. The Hall–Kier alpha value is -1.19. The molecule has 2 aliphatic rings. The van der Waals surface area contributed by atoms with Gasteiger partial charge in [-0.25, -0.2) is 0 Å². The van der Waals surface area contributed by atoms with Crippen LogP contribution in [0, 0.1) is 5.92 Å². The Labute approximate surface area is 126 Å². The van der Waals surface area contributed by atoms with Gasteiger partial charge in [0.25, 0.3) is 0 Å². The van der Waals surface area contributed by atoms with Crippen LogP contribution in [0.25, 0.3) is 5.57 Å². The lowest BCUT2D eigenvalue weighted by Gasteiger charge is -2.41. The van der Waals surface area contributed by atoms with Gasteiger partial charge in [-0.1, -0.05) is 19.9 Å². The highest BCUT2D eigenvalue weighted by Gasteiger charge is 2.33. The molecule has 0 unspecified atom stereocenters. The predicted molar refractivity (Wildman–Crippen MR) is 83.6 cm³/mol. The van der Waals surface area contributed by atoms with Crippen molar-refractivity contribution < 1.29 is 9.84 Å². The van der Waals surface area contributed by atoms with Crippen LogP contribution in [0.1, 0.15) is 25.8 Å². The highest BCUT2D eigenvalue weighted by molar-refractivity contribution is 5.85. The molecule has 20 heavy (non-hydrogen) atoms. The summed E-state index contributed by atoms with van der Waals surface area (Å²) in [5, 5.41) is 9.72. The molecule has 2 heterocycles. The maximum atomic E-state index is 9.72. The monoisotopic (exact) mass is 295 g/mol. The zero-order chi connectivity index (χ0) is 13.4. The maximum absolute atomic E-state index is 9.72. The number of halogens is 1. The summed E-state index contributed by atoms with van der Waals surface area (Å²) in [5.74, 6) is 1.75. The summed E-state index contributed by atoms with van der Waals surface area (Å²) >= 11 is 0. The van der Waals surface area contributed by atoms with E-state index in [1.54, 1.807) is 6.07 Å². The lowest BCUT2D eigenvalue weighted by molar-refractivity contribution is 0.143. The van der Waals surface area contributed by atoms with E-state index >= 15 is 0 Å². The van der Waals surface area contributed by atoms with E-state index in [0.29, 0.717) is 17.7 Å². The predicted octanol–water partition coefficient (Wildman–Crippen LogP) is 3.32. The molecule has 1 N–H and O–H groups in total. The maximum Gasteiger partial charge on any atom is 0.127 e.